The molecule has 0 atom stereocenters. The van der Waals surface area contributed by atoms with E-state index in [0.717, 1.165) is 11.2 Å². The highest BCUT2D eigenvalue weighted by atomic mass is 14.9. The fraction of sp³-hybridized carbons (Fsp3) is 0.100. The van der Waals surface area contributed by atoms with Crippen molar-refractivity contribution >= 4 is 10.9 Å². The molecule has 4 rings (SSSR count). The summed E-state index contributed by atoms with van der Waals surface area (Å²) < 4.78 is 0. The van der Waals surface area contributed by atoms with Crippen LogP contribution in [0.4, 0.5) is 0 Å². The first-order valence-electron chi connectivity index (χ1n) is 7.77. The van der Waals surface area contributed by atoms with E-state index in [4.69, 9.17) is 0 Å². The lowest BCUT2D eigenvalue weighted by Crippen LogP contribution is -1.73. The van der Waals surface area contributed by atoms with Gasteiger partial charge in [0.25, 0.3) is 0 Å². The second-order valence-corrected chi connectivity index (χ2v) is 4.53. The normalized spacial score (nSPS) is 9.30. The van der Waals surface area contributed by atoms with Crippen molar-refractivity contribution in [1.29, 1.82) is 0 Å². The molecule has 0 radical (unpaired) electrons. The molecule has 0 spiro atoms. The smallest absolute Gasteiger partial charge is 0.0924 e. The van der Waals surface area contributed by atoms with E-state index >= 15 is 0 Å². The van der Waals surface area contributed by atoms with Crippen molar-refractivity contribution in [2.45, 2.75) is 13.8 Å². The van der Waals surface area contributed by atoms with Crippen LogP contribution in [-0.4, -0.2) is 15.0 Å². The number of para-hydroxylation sites is 1. The van der Waals surface area contributed by atoms with Crippen LogP contribution in [-0.2, 0) is 0 Å². The van der Waals surface area contributed by atoms with Gasteiger partial charge in [-0.1, -0.05) is 68.4 Å². The van der Waals surface area contributed by atoms with Crippen molar-refractivity contribution in [3.8, 4) is 11.3 Å². The summed E-state index contributed by atoms with van der Waals surface area (Å²) in [5.74, 6) is 0. The average molecular weight is 303 g/mol. The van der Waals surface area contributed by atoms with Gasteiger partial charge in [-0.05, 0) is 17.7 Å². The van der Waals surface area contributed by atoms with E-state index < -0.39 is 0 Å². The van der Waals surface area contributed by atoms with E-state index in [1.54, 1.807) is 6.33 Å². The molecule has 0 aliphatic rings. The Morgan fingerprint density at radius 1 is 0.783 bits per heavy atom. The van der Waals surface area contributed by atoms with Crippen molar-refractivity contribution in [1.82, 2.24) is 15.0 Å². The number of hydrogen-bond donors (Lipinski definition) is 1. The summed E-state index contributed by atoms with van der Waals surface area (Å²) in [6.07, 6.45) is 5.31. The summed E-state index contributed by atoms with van der Waals surface area (Å²) in [6, 6.07) is 22.2. The molecule has 2 aromatic carbocycles. The number of nitrogens with zero attached hydrogens (tertiary/aromatic N) is 2. The number of pyridine rings is 1. The predicted octanol–water partition coefficient (Wildman–Crippen LogP) is 5.34. The van der Waals surface area contributed by atoms with Gasteiger partial charge in [-0.25, -0.2) is 4.98 Å². The Morgan fingerprint density at radius 3 is 2.17 bits per heavy atom. The first-order valence-corrected chi connectivity index (χ1v) is 7.77. The van der Waals surface area contributed by atoms with Crippen molar-refractivity contribution in [3.63, 3.8) is 0 Å². The van der Waals surface area contributed by atoms with E-state index in [1.165, 1.54) is 10.9 Å². The molecular weight excluding hydrogens is 282 g/mol. The summed E-state index contributed by atoms with van der Waals surface area (Å²) in [4.78, 5) is 11.2. The molecule has 3 heteroatoms. The van der Waals surface area contributed by atoms with Crippen LogP contribution < -0.4 is 0 Å². The minimum absolute atomic E-state index is 1.06. The quantitative estimate of drug-likeness (QED) is 0.516. The summed E-state index contributed by atoms with van der Waals surface area (Å²) in [5.41, 5.74) is 3.29. The molecule has 0 aliphatic carbocycles. The van der Waals surface area contributed by atoms with Crippen LogP contribution in [0.25, 0.3) is 22.2 Å². The maximum Gasteiger partial charge on any atom is 0.0924 e. The van der Waals surface area contributed by atoms with E-state index in [9.17, 15) is 0 Å². The van der Waals surface area contributed by atoms with Gasteiger partial charge in [-0.3, -0.25) is 4.98 Å². The van der Waals surface area contributed by atoms with Crippen LogP contribution in [0.3, 0.4) is 0 Å². The maximum absolute atomic E-state index is 4.18. The van der Waals surface area contributed by atoms with Crippen molar-refractivity contribution in [2.24, 2.45) is 0 Å². The minimum Gasteiger partial charge on any atom is -0.345 e. The highest BCUT2D eigenvalue weighted by Crippen LogP contribution is 2.13. The number of benzene rings is 2. The standard InChI is InChI=1S/C9H8N2.C9H7N.C2H6/c1-2-4-8(5-3-1)9-6-10-7-11-9;1-2-6-9-8(4-1)5-3-7-10-9;1-2/h1-7H,(H,10,11);1-7H;1-2H3. The van der Waals surface area contributed by atoms with Crippen molar-refractivity contribution < 1.29 is 0 Å². The van der Waals surface area contributed by atoms with E-state index in [-0.39, 0.29) is 0 Å². The van der Waals surface area contributed by atoms with Crippen LogP contribution >= 0.6 is 0 Å². The number of fused-ring (bicyclic) bond motifs is 1. The molecular formula is C20H21N3. The maximum atomic E-state index is 4.18. The summed E-state index contributed by atoms with van der Waals surface area (Å²) in [6.45, 7) is 4.00. The Balaban J connectivity index is 0.000000152. The van der Waals surface area contributed by atoms with Crippen LogP contribution in [0.2, 0.25) is 0 Å². The Labute approximate surface area is 137 Å². The van der Waals surface area contributed by atoms with Gasteiger partial charge < -0.3 is 4.98 Å². The summed E-state index contributed by atoms with van der Waals surface area (Å²) >= 11 is 0. The van der Waals surface area contributed by atoms with Crippen molar-refractivity contribution in [3.05, 3.63) is 85.5 Å². The van der Waals surface area contributed by atoms with Crippen LogP contribution in [0.5, 0.6) is 0 Å². The topological polar surface area (TPSA) is 41.6 Å². The van der Waals surface area contributed by atoms with Gasteiger partial charge in [0.2, 0.25) is 0 Å². The molecule has 4 aromatic rings. The third-order valence-corrected chi connectivity index (χ3v) is 3.10. The molecule has 0 bridgehead atoms. The monoisotopic (exact) mass is 303 g/mol. The van der Waals surface area contributed by atoms with Crippen LogP contribution in [0.15, 0.2) is 85.5 Å². The number of nitrogens with one attached hydrogen (secondary N) is 1. The largest absolute Gasteiger partial charge is 0.345 e. The molecule has 116 valence electrons. The molecule has 0 aliphatic heterocycles. The molecule has 0 saturated carbocycles. The van der Waals surface area contributed by atoms with E-state index in [0.29, 0.717) is 0 Å². The lowest BCUT2D eigenvalue weighted by molar-refractivity contribution is 1.31. The number of imidazole rings is 1. The highest BCUT2D eigenvalue weighted by molar-refractivity contribution is 5.77. The minimum atomic E-state index is 1.06. The van der Waals surface area contributed by atoms with Crippen LogP contribution in [0, 0.1) is 0 Å². The van der Waals surface area contributed by atoms with Gasteiger partial charge >= 0.3 is 0 Å². The molecule has 3 nitrogen and oxygen atoms in total. The lowest BCUT2D eigenvalue weighted by Gasteiger charge is -1.93. The number of H-pyrrole nitrogens is 1. The van der Waals surface area contributed by atoms with Gasteiger partial charge in [0, 0.05) is 11.6 Å². The molecule has 0 fully saturated rings. The van der Waals surface area contributed by atoms with Gasteiger partial charge in [-0.2, -0.15) is 0 Å². The number of hydrogen-bond acceptors (Lipinski definition) is 2. The van der Waals surface area contributed by atoms with Gasteiger partial charge in [0.15, 0.2) is 0 Å². The molecule has 1 N–H and O–H groups in total. The zero-order chi connectivity index (χ0) is 16.3. The fourth-order valence-corrected chi connectivity index (χ4v) is 2.05. The Bertz CT molecular complexity index is 728. The first-order chi connectivity index (χ1) is 11.4. The zero-order valence-electron chi connectivity index (χ0n) is 13.5. The summed E-state index contributed by atoms with van der Waals surface area (Å²) in [7, 11) is 0. The Hall–Kier alpha value is -2.94. The van der Waals surface area contributed by atoms with E-state index in [2.05, 4.69) is 27.1 Å². The molecule has 2 heterocycles. The summed E-state index contributed by atoms with van der Waals surface area (Å²) in [5, 5.41) is 1.20. The van der Waals surface area contributed by atoms with Crippen LogP contribution in [0.1, 0.15) is 13.8 Å². The Kier molecular flexibility index (Phi) is 6.54. The first kappa shape index (κ1) is 16.4. The number of rotatable bonds is 1. The second-order valence-electron chi connectivity index (χ2n) is 4.53. The molecule has 0 unspecified atom stereocenters. The predicted molar refractivity (Wildman–Crippen MR) is 97.1 cm³/mol. The third-order valence-electron chi connectivity index (χ3n) is 3.10. The molecule has 23 heavy (non-hydrogen) atoms. The zero-order valence-corrected chi connectivity index (χ0v) is 13.5. The average Bonchev–Trinajstić information content (AvgIpc) is 3.20. The number of aromatic nitrogens is 3. The van der Waals surface area contributed by atoms with Gasteiger partial charge in [0.05, 0.1) is 23.7 Å². The highest BCUT2D eigenvalue weighted by Gasteiger charge is 1.94. The lowest BCUT2D eigenvalue weighted by atomic mass is 10.2. The van der Waals surface area contributed by atoms with Crippen molar-refractivity contribution in [2.75, 3.05) is 0 Å². The molecule has 0 saturated heterocycles. The number of aromatic amines is 1. The van der Waals surface area contributed by atoms with E-state index in [1.807, 2.05) is 80.8 Å². The van der Waals surface area contributed by atoms with Gasteiger partial charge in [0.1, 0.15) is 0 Å². The molecule has 0 amide bonds. The molecule has 2 aromatic heterocycles. The van der Waals surface area contributed by atoms with Gasteiger partial charge in [-0.15, -0.1) is 0 Å². The second kappa shape index (κ2) is 9.15. The third kappa shape index (κ3) is 4.78. The SMILES string of the molecule is CC.c1ccc(-c2cnc[nH]2)cc1.c1ccc2ncccc2c1. The Morgan fingerprint density at radius 2 is 1.48 bits per heavy atom. The fourth-order valence-electron chi connectivity index (χ4n) is 2.05.